The molecule has 18 heavy (non-hydrogen) atoms. The van der Waals surface area contributed by atoms with Crippen LogP contribution >= 0.6 is 11.8 Å². The lowest BCUT2D eigenvalue weighted by Gasteiger charge is -2.36. The maximum atomic E-state index is 11.7. The topological polar surface area (TPSA) is 61.4 Å². The first-order valence-electron chi connectivity index (χ1n) is 6.03. The molecule has 0 saturated heterocycles. The lowest BCUT2D eigenvalue weighted by Crippen LogP contribution is -2.48. The second-order valence-electron chi connectivity index (χ2n) is 4.62. The number of amides is 2. The summed E-state index contributed by atoms with van der Waals surface area (Å²) in [7, 11) is 0. The van der Waals surface area contributed by atoms with Crippen molar-refractivity contribution in [2.45, 2.75) is 29.8 Å². The fourth-order valence-corrected chi connectivity index (χ4v) is 2.34. The SMILES string of the molecule is CSc1cccc(NC(=O)NCC2(O)CCC2)c1. The van der Waals surface area contributed by atoms with Crippen molar-refractivity contribution in [1.29, 1.82) is 0 Å². The molecule has 1 aromatic carbocycles. The molecule has 2 amide bonds. The molecule has 0 unspecified atom stereocenters. The van der Waals surface area contributed by atoms with Crippen LogP contribution in [0.25, 0.3) is 0 Å². The lowest BCUT2D eigenvalue weighted by atomic mass is 9.80. The number of hydrogen-bond acceptors (Lipinski definition) is 3. The van der Waals surface area contributed by atoms with E-state index in [0.717, 1.165) is 29.8 Å². The van der Waals surface area contributed by atoms with Crippen LogP contribution in [-0.4, -0.2) is 29.5 Å². The molecule has 1 aliphatic rings. The van der Waals surface area contributed by atoms with Gasteiger partial charge in [-0.3, -0.25) is 0 Å². The summed E-state index contributed by atoms with van der Waals surface area (Å²) in [5.74, 6) is 0. The summed E-state index contributed by atoms with van der Waals surface area (Å²) in [6, 6.07) is 7.39. The Bertz CT molecular complexity index is 433. The van der Waals surface area contributed by atoms with Crippen molar-refractivity contribution in [3.05, 3.63) is 24.3 Å². The van der Waals surface area contributed by atoms with Crippen LogP contribution in [0.1, 0.15) is 19.3 Å². The van der Waals surface area contributed by atoms with E-state index < -0.39 is 5.60 Å². The average Bonchev–Trinajstić information content (AvgIpc) is 2.34. The number of carbonyl (C=O) groups excluding carboxylic acids is 1. The van der Waals surface area contributed by atoms with Crippen LogP contribution in [0.2, 0.25) is 0 Å². The molecule has 0 heterocycles. The molecule has 1 aliphatic carbocycles. The minimum atomic E-state index is -0.682. The van der Waals surface area contributed by atoms with Gasteiger partial charge in [-0.1, -0.05) is 6.07 Å². The molecule has 2 rings (SSSR count). The third-order valence-corrected chi connectivity index (χ3v) is 3.92. The Morgan fingerprint density at radius 3 is 2.89 bits per heavy atom. The molecule has 5 heteroatoms. The van der Waals surface area contributed by atoms with Gasteiger partial charge in [0.05, 0.1) is 5.60 Å². The zero-order chi connectivity index (χ0) is 13.0. The van der Waals surface area contributed by atoms with E-state index in [0.29, 0.717) is 6.54 Å². The number of nitrogens with one attached hydrogen (secondary N) is 2. The van der Waals surface area contributed by atoms with Crippen LogP contribution < -0.4 is 10.6 Å². The number of urea groups is 1. The van der Waals surface area contributed by atoms with Crippen LogP contribution in [0.3, 0.4) is 0 Å². The molecule has 1 aromatic rings. The van der Waals surface area contributed by atoms with E-state index >= 15 is 0 Å². The maximum Gasteiger partial charge on any atom is 0.319 e. The number of anilines is 1. The van der Waals surface area contributed by atoms with Gasteiger partial charge in [0.1, 0.15) is 0 Å². The molecular formula is C13H18N2O2S. The van der Waals surface area contributed by atoms with Gasteiger partial charge >= 0.3 is 6.03 Å². The van der Waals surface area contributed by atoms with Gasteiger partial charge in [-0.2, -0.15) is 0 Å². The van der Waals surface area contributed by atoms with E-state index in [2.05, 4.69) is 10.6 Å². The van der Waals surface area contributed by atoms with Crippen molar-refractivity contribution >= 4 is 23.5 Å². The fourth-order valence-electron chi connectivity index (χ4n) is 1.88. The molecule has 0 aliphatic heterocycles. The average molecular weight is 266 g/mol. The van der Waals surface area contributed by atoms with Gasteiger partial charge in [-0.25, -0.2) is 4.79 Å². The minimum Gasteiger partial charge on any atom is -0.388 e. The summed E-state index contributed by atoms with van der Waals surface area (Å²) in [6.07, 6.45) is 4.57. The standard InChI is InChI=1S/C13H18N2O2S/c1-18-11-5-2-4-10(8-11)15-12(16)14-9-13(17)6-3-7-13/h2,4-5,8,17H,3,6-7,9H2,1H3,(H2,14,15,16). The maximum absolute atomic E-state index is 11.7. The molecule has 98 valence electrons. The fraction of sp³-hybridized carbons (Fsp3) is 0.462. The second kappa shape index (κ2) is 5.63. The Balaban J connectivity index is 1.82. The predicted molar refractivity (Wildman–Crippen MR) is 74.0 cm³/mol. The van der Waals surface area contributed by atoms with Crippen LogP contribution in [-0.2, 0) is 0 Å². The minimum absolute atomic E-state index is 0.270. The van der Waals surface area contributed by atoms with E-state index in [-0.39, 0.29) is 6.03 Å². The monoisotopic (exact) mass is 266 g/mol. The van der Waals surface area contributed by atoms with Crippen molar-refractivity contribution in [3.63, 3.8) is 0 Å². The first-order chi connectivity index (χ1) is 8.61. The first kappa shape index (κ1) is 13.2. The molecule has 4 nitrogen and oxygen atoms in total. The highest BCUT2D eigenvalue weighted by Crippen LogP contribution is 2.30. The van der Waals surface area contributed by atoms with Crippen LogP contribution in [0.5, 0.6) is 0 Å². The van der Waals surface area contributed by atoms with E-state index in [1.165, 1.54) is 0 Å². The van der Waals surface area contributed by atoms with Crippen molar-refractivity contribution in [1.82, 2.24) is 5.32 Å². The van der Waals surface area contributed by atoms with Crippen molar-refractivity contribution in [2.24, 2.45) is 0 Å². The highest BCUT2D eigenvalue weighted by atomic mass is 32.2. The highest BCUT2D eigenvalue weighted by Gasteiger charge is 2.34. The van der Waals surface area contributed by atoms with Gasteiger partial charge in [0.25, 0.3) is 0 Å². The van der Waals surface area contributed by atoms with Gasteiger partial charge in [-0.05, 0) is 43.7 Å². The van der Waals surface area contributed by atoms with Gasteiger partial charge in [-0.15, -0.1) is 11.8 Å². The second-order valence-corrected chi connectivity index (χ2v) is 5.50. The molecule has 0 aromatic heterocycles. The lowest BCUT2D eigenvalue weighted by molar-refractivity contribution is -0.0287. The van der Waals surface area contributed by atoms with E-state index in [1.807, 2.05) is 30.5 Å². The Hall–Kier alpha value is -1.20. The van der Waals surface area contributed by atoms with Gasteiger partial charge in [0, 0.05) is 17.1 Å². The Morgan fingerprint density at radius 1 is 1.50 bits per heavy atom. The van der Waals surface area contributed by atoms with Crippen LogP contribution in [0.4, 0.5) is 10.5 Å². The Labute approximate surface area is 111 Å². The summed E-state index contributed by atoms with van der Waals surface area (Å²) in [5, 5.41) is 15.3. The summed E-state index contributed by atoms with van der Waals surface area (Å²) in [4.78, 5) is 12.8. The number of aliphatic hydroxyl groups is 1. The smallest absolute Gasteiger partial charge is 0.319 e. The van der Waals surface area contributed by atoms with Gasteiger partial charge in [0.15, 0.2) is 0 Å². The van der Waals surface area contributed by atoms with E-state index in [4.69, 9.17) is 0 Å². The third kappa shape index (κ3) is 3.40. The molecule has 1 saturated carbocycles. The normalized spacial score (nSPS) is 16.8. The summed E-state index contributed by atoms with van der Waals surface area (Å²) in [6.45, 7) is 0.320. The highest BCUT2D eigenvalue weighted by molar-refractivity contribution is 7.98. The zero-order valence-corrected chi connectivity index (χ0v) is 11.2. The molecular weight excluding hydrogens is 248 g/mol. The van der Waals surface area contributed by atoms with Crippen LogP contribution in [0, 0.1) is 0 Å². The first-order valence-corrected chi connectivity index (χ1v) is 7.25. The Kier molecular flexibility index (Phi) is 4.14. The van der Waals surface area contributed by atoms with Gasteiger partial charge in [0.2, 0.25) is 0 Å². The number of rotatable bonds is 4. The van der Waals surface area contributed by atoms with E-state index in [1.54, 1.807) is 11.8 Å². The van der Waals surface area contributed by atoms with Crippen molar-refractivity contribution in [2.75, 3.05) is 18.1 Å². The summed E-state index contributed by atoms with van der Waals surface area (Å²) < 4.78 is 0. The van der Waals surface area contributed by atoms with Gasteiger partial charge < -0.3 is 15.7 Å². The third-order valence-electron chi connectivity index (χ3n) is 3.19. The number of carbonyl (C=O) groups is 1. The predicted octanol–water partition coefficient (Wildman–Crippen LogP) is 2.45. The molecule has 0 atom stereocenters. The molecule has 0 bridgehead atoms. The molecule has 0 spiro atoms. The molecule has 0 radical (unpaired) electrons. The van der Waals surface area contributed by atoms with Crippen molar-refractivity contribution < 1.29 is 9.90 Å². The summed E-state index contributed by atoms with van der Waals surface area (Å²) in [5.41, 5.74) is 0.0818. The summed E-state index contributed by atoms with van der Waals surface area (Å²) >= 11 is 1.63. The van der Waals surface area contributed by atoms with Crippen molar-refractivity contribution in [3.8, 4) is 0 Å². The Morgan fingerprint density at radius 2 is 2.28 bits per heavy atom. The number of hydrogen-bond donors (Lipinski definition) is 3. The number of benzene rings is 1. The van der Waals surface area contributed by atoms with E-state index in [9.17, 15) is 9.90 Å². The zero-order valence-electron chi connectivity index (χ0n) is 10.4. The quantitative estimate of drug-likeness (QED) is 0.734. The molecule has 3 N–H and O–H groups in total. The number of thioether (sulfide) groups is 1. The largest absolute Gasteiger partial charge is 0.388 e. The van der Waals surface area contributed by atoms with Crippen LogP contribution in [0.15, 0.2) is 29.2 Å². The molecule has 1 fully saturated rings.